The predicted molar refractivity (Wildman–Crippen MR) is 277 cm³/mol. The molecule has 5 aromatic carbocycles. The molecule has 73 heavy (non-hydrogen) atoms. The Labute approximate surface area is 427 Å². The van der Waals surface area contributed by atoms with E-state index in [0.717, 1.165) is 27.2 Å². The van der Waals surface area contributed by atoms with E-state index in [9.17, 15) is 28.8 Å². The maximum atomic E-state index is 14.3. The normalized spacial score (nSPS) is 12.1. The number of ether oxygens (including phenoxy) is 5. The number of hydrogen-bond acceptors (Lipinski definition) is 11. The van der Waals surface area contributed by atoms with Crippen LogP contribution in [0, 0.1) is 0 Å². The van der Waals surface area contributed by atoms with E-state index in [1.165, 1.54) is 0 Å². The van der Waals surface area contributed by atoms with Crippen LogP contribution in [-0.4, -0.2) is 76.8 Å². The zero-order chi connectivity index (χ0) is 53.2. The number of nitrogens with two attached hydrogens (primary N) is 2. The first-order valence-corrected chi connectivity index (χ1v) is 23.9. The predicted octanol–water partition coefficient (Wildman–Crippen LogP) is 8.70. The average Bonchev–Trinajstić information content (AvgIpc) is 3.35. The SMILES string of the molecule is CC(C)(C)OC(N)=O.CC(C)(C)Oc1ccc(CCC(=O)NC(CCCN(C(=O)OCc2ccccc2)/C(N)=N/C(=O)OCc2ccccc2)C(=O)NC(Cc2ccccc2)C(=O)OCc2ccccc2)cc1. The van der Waals surface area contributed by atoms with Gasteiger partial charge in [0.1, 0.15) is 48.9 Å². The molecule has 0 radical (unpaired) electrons. The van der Waals surface area contributed by atoms with Gasteiger partial charge in [-0.05, 0) is 101 Å². The zero-order valence-electron chi connectivity index (χ0n) is 42.4. The Morgan fingerprint density at radius 1 is 0.575 bits per heavy atom. The molecule has 2 atom stereocenters. The number of amides is 5. The molecule has 5 amide bonds. The molecule has 0 fully saturated rings. The van der Waals surface area contributed by atoms with Crippen molar-refractivity contribution in [2.45, 2.75) is 117 Å². The van der Waals surface area contributed by atoms with Gasteiger partial charge in [0.2, 0.25) is 17.8 Å². The number of nitrogens with zero attached hydrogens (tertiary/aromatic N) is 2. The molecule has 0 heterocycles. The first-order valence-electron chi connectivity index (χ1n) is 23.9. The molecule has 0 saturated heterocycles. The van der Waals surface area contributed by atoms with Crippen LogP contribution in [-0.2, 0) is 66.0 Å². The van der Waals surface area contributed by atoms with E-state index in [-0.39, 0.29) is 57.6 Å². The fourth-order valence-electron chi connectivity index (χ4n) is 6.77. The van der Waals surface area contributed by atoms with Gasteiger partial charge in [-0.25, -0.2) is 24.1 Å². The highest BCUT2D eigenvalue weighted by Crippen LogP contribution is 2.19. The Hall–Kier alpha value is -8.21. The Balaban J connectivity index is 0.00000133. The number of primary amides is 1. The van der Waals surface area contributed by atoms with Crippen molar-refractivity contribution < 1.29 is 52.5 Å². The van der Waals surface area contributed by atoms with Gasteiger partial charge >= 0.3 is 24.2 Å². The van der Waals surface area contributed by atoms with Gasteiger partial charge in [0.15, 0.2) is 0 Å². The Kier molecular flexibility index (Phi) is 23.0. The molecule has 17 nitrogen and oxygen atoms in total. The lowest BCUT2D eigenvalue weighted by molar-refractivity contribution is -0.149. The fourth-order valence-corrected chi connectivity index (χ4v) is 6.77. The molecule has 0 spiro atoms. The van der Waals surface area contributed by atoms with Crippen molar-refractivity contribution >= 4 is 42.0 Å². The van der Waals surface area contributed by atoms with E-state index in [1.807, 2.05) is 118 Å². The van der Waals surface area contributed by atoms with Gasteiger partial charge in [-0.2, -0.15) is 0 Å². The fraction of sp³-hybridized carbons (Fsp3) is 0.339. The first-order chi connectivity index (χ1) is 34.7. The summed E-state index contributed by atoms with van der Waals surface area (Å²) in [6.07, 6.45) is -2.10. The number of guanidine groups is 1. The summed E-state index contributed by atoms with van der Waals surface area (Å²) in [4.78, 5) is 82.6. The average molecular weight is 1000 g/mol. The van der Waals surface area contributed by atoms with E-state index >= 15 is 0 Å². The van der Waals surface area contributed by atoms with Crippen molar-refractivity contribution in [3.63, 3.8) is 0 Å². The molecule has 5 aromatic rings. The standard InChI is InChI=1S/C51H57N5O9.C5H11NO2/c1-51(2,3)65-42-29-26-37(27-30-42)28-31-45(57)53-43(46(58)54-44(33-38-17-8-4-9-18-38)47(59)62-34-39-19-10-5-11-20-39)25-16-32-56(50(61)64-36-41-23-14-7-15-24-41)48(52)55-49(60)63-35-40-21-12-6-13-22-40;1-5(2,3)8-4(6)7/h4-15,17-24,26-27,29-30,43-44H,16,25,28,31-36H2,1-3H3,(H,53,57)(H,54,58)(H2,52,55,60);1-3H3,(H2,6,7). The second kappa shape index (κ2) is 29.2. The van der Waals surface area contributed by atoms with Gasteiger partial charge in [-0.1, -0.05) is 133 Å². The number of benzene rings is 5. The summed E-state index contributed by atoms with van der Waals surface area (Å²) in [7, 11) is 0. The minimum absolute atomic E-state index is 0.0106. The van der Waals surface area contributed by atoms with Crippen LogP contribution in [0.1, 0.15) is 88.6 Å². The summed E-state index contributed by atoms with van der Waals surface area (Å²) in [6.45, 7) is 10.8. The molecular weight excluding hydrogens is 933 g/mol. The number of hydrogen-bond donors (Lipinski definition) is 4. The molecular formula is C56H68N6O11. The molecule has 17 heteroatoms. The number of aryl methyl sites for hydroxylation is 1. The molecule has 2 unspecified atom stereocenters. The van der Waals surface area contributed by atoms with E-state index < -0.39 is 59.7 Å². The van der Waals surface area contributed by atoms with Crippen LogP contribution in [0.2, 0.25) is 0 Å². The Morgan fingerprint density at radius 3 is 1.55 bits per heavy atom. The second-order valence-corrected chi connectivity index (χ2v) is 18.7. The van der Waals surface area contributed by atoms with E-state index in [2.05, 4.69) is 20.4 Å². The third-order valence-corrected chi connectivity index (χ3v) is 10.1. The van der Waals surface area contributed by atoms with Gasteiger partial charge in [0.05, 0.1) is 0 Å². The minimum atomic E-state index is -1.18. The maximum Gasteiger partial charge on any atom is 0.437 e. The molecule has 6 N–H and O–H groups in total. The Morgan fingerprint density at radius 2 is 1.07 bits per heavy atom. The highest BCUT2D eigenvalue weighted by atomic mass is 16.6. The summed E-state index contributed by atoms with van der Waals surface area (Å²) < 4.78 is 27.0. The van der Waals surface area contributed by atoms with Crippen molar-refractivity contribution in [1.82, 2.24) is 15.5 Å². The van der Waals surface area contributed by atoms with Crippen molar-refractivity contribution in [2.75, 3.05) is 6.54 Å². The first kappa shape index (κ1) is 57.4. The van der Waals surface area contributed by atoms with Crippen molar-refractivity contribution in [3.05, 3.63) is 173 Å². The van der Waals surface area contributed by atoms with Crippen molar-refractivity contribution in [2.24, 2.45) is 16.5 Å². The molecule has 0 aromatic heterocycles. The molecule has 0 aliphatic rings. The monoisotopic (exact) mass is 1000 g/mol. The molecule has 388 valence electrons. The van der Waals surface area contributed by atoms with Crippen LogP contribution < -0.4 is 26.8 Å². The third kappa shape index (κ3) is 23.5. The lowest BCUT2D eigenvalue weighted by atomic mass is 10.0. The summed E-state index contributed by atoms with van der Waals surface area (Å²) in [6, 6.07) is 41.4. The Bertz CT molecular complexity index is 2530. The largest absolute Gasteiger partial charge is 0.488 e. The van der Waals surface area contributed by atoms with Gasteiger partial charge in [0.25, 0.3) is 0 Å². The van der Waals surface area contributed by atoms with Crippen molar-refractivity contribution in [3.8, 4) is 5.75 Å². The van der Waals surface area contributed by atoms with Crippen LogP contribution in [0.4, 0.5) is 14.4 Å². The smallest absolute Gasteiger partial charge is 0.437 e. The van der Waals surface area contributed by atoms with Gasteiger partial charge in [0, 0.05) is 19.4 Å². The highest BCUT2D eigenvalue weighted by Gasteiger charge is 2.29. The van der Waals surface area contributed by atoms with Gasteiger partial charge in [-0.3, -0.25) is 9.59 Å². The number of esters is 1. The van der Waals surface area contributed by atoms with Gasteiger partial charge < -0.3 is 45.8 Å². The summed E-state index contributed by atoms with van der Waals surface area (Å²) in [5.74, 6) is -1.53. The van der Waals surface area contributed by atoms with Crippen LogP contribution in [0.15, 0.2) is 151 Å². The van der Waals surface area contributed by atoms with E-state index in [1.54, 1.807) is 69.3 Å². The lowest BCUT2D eigenvalue weighted by Gasteiger charge is -2.25. The molecule has 0 saturated carbocycles. The number of carbonyl (C=O) groups is 6. The summed E-state index contributed by atoms with van der Waals surface area (Å²) in [5, 5.41) is 5.67. The highest BCUT2D eigenvalue weighted by molar-refractivity contribution is 5.98. The van der Waals surface area contributed by atoms with Crippen LogP contribution in [0.5, 0.6) is 5.75 Å². The summed E-state index contributed by atoms with van der Waals surface area (Å²) in [5.41, 5.74) is 14.0. The minimum Gasteiger partial charge on any atom is -0.488 e. The second-order valence-electron chi connectivity index (χ2n) is 18.7. The number of carbonyl (C=O) groups excluding carboxylic acids is 6. The molecule has 0 aliphatic carbocycles. The quantitative estimate of drug-likeness (QED) is 0.0248. The zero-order valence-corrected chi connectivity index (χ0v) is 42.4. The summed E-state index contributed by atoms with van der Waals surface area (Å²) >= 11 is 0. The molecule has 0 aliphatic heterocycles. The topological polar surface area (TPSA) is 240 Å². The lowest BCUT2D eigenvalue weighted by Crippen LogP contribution is -2.53. The van der Waals surface area contributed by atoms with Crippen LogP contribution in [0.25, 0.3) is 0 Å². The molecule has 0 bridgehead atoms. The maximum absolute atomic E-state index is 14.3. The van der Waals surface area contributed by atoms with Gasteiger partial charge in [-0.15, -0.1) is 4.99 Å². The van der Waals surface area contributed by atoms with E-state index in [0.29, 0.717) is 17.7 Å². The van der Waals surface area contributed by atoms with E-state index in [4.69, 9.17) is 30.4 Å². The molecule has 5 rings (SSSR count). The van der Waals surface area contributed by atoms with Crippen molar-refractivity contribution in [1.29, 1.82) is 0 Å². The number of aliphatic imine (C=N–C) groups is 1. The van der Waals surface area contributed by atoms with Crippen LogP contribution in [0.3, 0.4) is 0 Å². The third-order valence-electron chi connectivity index (χ3n) is 10.1. The number of nitrogens with one attached hydrogen (secondary N) is 2. The number of rotatable bonds is 20. The van der Waals surface area contributed by atoms with Crippen LogP contribution >= 0.6 is 0 Å².